The summed E-state index contributed by atoms with van der Waals surface area (Å²) in [6.07, 6.45) is 4.79. The van der Waals surface area contributed by atoms with Crippen LogP contribution in [0.4, 0.5) is 0 Å². The van der Waals surface area contributed by atoms with E-state index in [2.05, 4.69) is 14.9 Å². The van der Waals surface area contributed by atoms with Gasteiger partial charge < -0.3 is 19.5 Å². The minimum absolute atomic E-state index is 0.0587. The third-order valence-corrected chi connectivity index (χ3v) is 5.17. The van der Waals surface area contributed by atoms with Crippen molar-refractivity contribution < 1.29 is 19.4 Å². The van der Waals surface area contributed by atoms with Crippen molar-refractivity contribution >= 4 is 5.91 Å². The molecule has 0 saturated carbocycles. The summed E-state index contributed by atoms with van der Waals surface area (Å²) >= 11 is 0. The highest BCUT2D eigenvalue weighted by atomic mass is 16.5. The van der Waals surface area contributed by atoms with E-state index < -0.39 is 0 Å². The number of carbonyl (C=O) groups is 1. The molecule has 8 nitrogen and oxygen atoms in total. The summed E-state index contributed by atoms with van der Waals surface area (Å²) in [6.45, 7) is 4.65. The number of pyridine rings is 2. The molecule has 2 aromatic heterocycles. The van der Waals surface area contributed by atoms with Crippen molar-refractivity contribution in [2.75, 3.05) is 46.0 Å². The molecule has 4 heterocycles. The topological polar surface area (TPSA) is 88.0 Å². The number of morpholine rings is 2. The van der Waals surface area contributed by atoms with Crippen LogP contribution >= 0.6 is 0 Å². The molecule has 1 N–H and O–H groups in total. The monoisotopic (exact) mass is 384 g/mol. The van der Waals surface area contributed by atoms with Crippen LogP contribution in [0, 0.1) is 0 Å². The smallest absolute Gasteiger partial charge is 0.276 e. The first-order valence-electron chi connectivity index (χ1n) is 9.50. The van der Waals surface area contributed by atoms with Gasteiger partial charge >= 0.3 is 0 Å². The highest BCUT2D eigenvalue weighted by Crippen LogP contribution is 2.32. The van der Waals surface area contributed by atoms with Crippen LogP contribution in [0.2, 0.25) is 0 Å². The highest BCUT2D eigenvalue weighted by molar-refractivity contribution is 5.95. The standard InChI is InChI=1S/C20H24N4O4/c25-16-4-2-6-22-18(16)20(26)24-9-12-28-17(14-23-7-10-27-11-8-23)19(24)15-3-1-5-21-13-15/h1-6,13,17,19,25H,7-12,14H2/t17-,19-/m0/s1. The number of rotatable bonds is 4. The van der Waals surface area contributed by atoms with E-state index in [4.69, 9.17) is 9.47 Å². The molecule has 2 fully saturated rings. The third-order valence-electron chi connectivity index (χ3n) is 5.17. The van der Waals surface area contributed by atoms with Gasteiger partial charge in [0.2, 0.25) is 0 Å². The summed E-state index contributed by atoms with van der Waals surface area (Å²) in [4.78, 5) is 25.6. The molecule has 1 amide bonds. The average molecular weight is 384 g/mol. The molecule has 0 aliphatic carbocycles. The molecule has 8 heteroatoms. The maximum absolute atomic E-state index is 13.2. The second-order valence-corrected chi connectivity index (χ2v) is 6.92. The first-order chi connectivity index (χ1) is 13.7. The van der Waals surface area contributed by atoms with Crippen LogP contribution in [0.3, 0.4) is 0 Å². The number of aromatic nitrogens is 2. The van der Waals surface area contributed by atoms with Crippen LogP contribution in [0.25, 0.3) is 0 Å². The van der Waals surface area contributed by atoms with Gasteiger partial charge in [0.25, 0.3) is 5.91 Å². The van der Waals surface area contributed by atoms with Crippen LogP contribution in [0.15, 0.2) is 42.9 Å². The van der Waals surface area contributed by atoms with Gasteiger partial charge in [0, 0.05) is 44.8 Å². The van der Waals surface area contributed by atoms with Crippen molar-refractivity contribution in [3.8, 4) is 5.75 Å². The van der Waals surface area contributed by atoms with Crippen molar-refractivity contribution in [1.82, 2.24) is 19.8 Å². The molecule has 2 aliphatic heterocycles. The SMILES string of the molecule is O=C(c1ncccc1O)N1CCO[C@@H](CN2CCOCC2)[C@@H]1c1cccnc1. The Morgan fingerprint density at radius 3 is 2.71 bits per heavy atom. The summed E-state index contributed by atoms with van der Waals surface area (Å²) in [5, 5.41) is 10.1. The van der Waals surface area contributed by atoms with Gasteiger partial charge in [-0.1, -0.05) is 6.07 Å². The van der Waals surface area contributed by atoms with Crippen LogP contribution in [0.1, 0.15) is 22.1 Å². The van der Waals surface area contributed by atoms with Crippen molar-refractivity contribution in [3.63, 3.8) is 0 Å². The quantitative estimate of drug-likeness (QED) is 0.844. The number of aromatic hydroxyl groups is 1. The van der Waals surface area contributed by atoms with E-state index in [-0.39, 0.29) is 29.5 Å². The van der Waals surface area contributed by atoms with E-state index in [0.717, 1.165) is 18.7 Å². The predicted molar refractivity (Wildman–Crippen MR) is 101 cm³/mol. The lowest BCUT2D eigenvalue weighted by Crippen LogP contribution is -2.53. The molecule has 28 heavy (non-hydrogen) atoms. The fraction of sp³-hybridized carbons (Fsp3) is 0.450. The molecule has 4 rings (SSSR count). The molecule has 2 aromatic rings. The van der Waals surface area contributed by atoms with Crippen molar-refractivity contribution in [1.29, 1.82) is 0 Å². The Bertz CT molecular complexity index is 798. The number of hydrogen-bond donors (Lipinski definition) is 1. The molecule has 0 aromatic carbocycles. The Labute approximate surface area is 163 Å². The molecule has 0 unspecified atom stereocenters. The van der Waals surface area contributed by atoms with E-state index in [0.29, 0.717) is 32.9 Å². The molecular weight excluding hydrogens is 360 g/mol. The van der Waals surface area contributed by atoms with Crippen LogP contribution in [-0.4, -0.2) is 82.9 Å². The lowest BCUT2D eigenvalue weighted by atomic mass is 9.98. The van der Waals surface area contributed by atoms with Gasteiger partial charge in [0.15, 0.2) is 5.69 Å². The van der Waals surface area contributed by atoms with E-state index in [1.807, 2.05) is 12.1 Å². The maximum Gasteiger partial charge on any atom is 0.276 e. The van der Waals surface area contributed by atoms with Gasteiger partial charge in [-0.25, -0.2) is 4.98 Å². The minimum atomic E-state index is -0.306. The highest BCUT2D eigenvalue weighted by Gasteiger charge is 2.39. The third kappa shape index (κ3) is 3.99. The number of carbonyl (C=O) groups excluding carboxylic acids is 1. The predicted octanol–water partition coefficient (Wildman–Crippen LogP) is 1.10. The van der Waals surface area contributed by atoms with Gasteiger partial charge in [0.05, 0.1) is 32.0 Å². The molecule has 0 bridgehead atoms. The maximum atomic E-state index is 13.2. The normalized spacial score (nSPS) is 23.5. The van der Waals surface area contributed by atoms with Gasteiger partial charge in [0.1, 0.15) is 5.75 Å². The Morgan fingerprint density at radius 1 is 1.14 bits per heavy atom. The fourth-order valence-corrected chi connectivity index (χ4v) is 3.80. The van der Waals surface area contributed by atoms with Gasteiger partial charge in [-0.3, -0.25) is 14.7 Å². The lowest BCUT2D eigenvalue weighted by Gasteiger charge is -2.43. The van der Waals surface area contributed by atoms with Crippen molar-refractivity contribution in [2.45, 2.75) is 12.1 Å². The number of hydrogen-bond acceptors (Lipinski definition) is 7. The first-order valence-corrected chi connectivity index (χ1v) is 9.50. The van der Waals surface area contributed by atoms with Crippen LogP contribution < -0.4 is 0 Å². The zero-order chi connectivity index (χ0) is 19.3. The Morgan fingerprint density at radius 2 is 1.96 bits per heavy atom. The van der Waals surface area contributed by atoms with Gasteiger partial charge in [-0.05, 0) is 23.8 Å². The molecule has 148 valence electrons. The second-order valence-electron chi connectivity index (χ2n) is 6.92. The first kappa shape index (κ1) is 18.8. The van der Waals surface area contributed by atoms with E-state index in [1.54, 1.807) is 23.4 Å². The largest absolute Gasteiger partial charge is 0.505 e. The van der Waals surface area contributed by atoms with E-state index in [1.165, 1.54) is 12.3 Å². The van der Waals surface area contributed by atoms with Crippen LogP contribution in [0.5, 0.6) is 5.75 Å². The van der Waals surface area contributed by atoms with Crippen LogP contribution in [-0.2, 0) is 9.47 Å². The minimum Gasteiger partial charge on any atom is -0.505 e. The molecule has 2 aliphatic rings. The van der Waals surface area contributed by atoms with E-state index in [9.17, 15) is 9.90 Å². The summed E-state index contributed by atoms with van der Waals surface area (Å²) < 4.78 is 11.5. The molecule has 2 atom stereocenters. The zero-order valence-corrected chi connectivity index (χ0v) is 15.6. The van der Waals surface area contributed by atoms with Crippen molar-refractivity contribution in [2.24, 2.45) is 0 Å². The van der Waals surface area contributed by atoms with Gasteiger partial charge in [-0.2, -0.15) is 0 Å². The molecule has 0 spiro atoms. The van der Waals surface area contributed by atoms with E-state index >= 15 is 0 Å². The fourth-order valence-electron chi connectivity index (χ4n) is 3.80. The summed E-state index contributed by atoms with van der Waals surface area (Å²) in [6, 6.07) is 6.59. The summed E-state index contributed by atoms with van der Waals surface area (Å²) in [5.41, 5.74) is 0.965. The zero-order valence-electron chi connectivity index (χ0n) is 15.6. The number of ether oxygens (including phenoxy) is 2. The second kappa shape index (κ2) is 8.64. The Kier molecular flexibility index (Phi) is 5.80. The summed E-state index contributed by atoms with van der Waals surface area (Å²) in [7, 11) is 0. The average Bonchev–Trinajstić information content (AvgIpc) is 2.75. The number of nitrogens with zero attached hydrogens (tertiary/aromatic N) is 4. The molecular formula is C20H24N4O4. The molecule has 2 saturated heterocycles. The molecule has 0 radical (unpaired) electrons. The Balaban J connectivity index is 1.64. The number of amides is 1. The van der Waals surface area contributed by atoms with Crippen molar-refractivity contribution in [3.05, 3.63) is 54.1 Å². The lowest BCUT2D eigenvalue weighted by molar-refractivity contribution is -0.0821. The summed E-state index contributed by atoms with van der Waals surface area (Å²) in [5.74, 6) is -0.420. The van der Waals surface area contributed by atoms with Gasteiger partial charge in [-0.15, -0.1) is 0 Å². The Hall–Kier alpha value is -2.55.